The molecule has 2 amide bonds. The first-order chi connectivity index (χ1) is 18.2. The maximum atomic E-state index is 12.6. The van der Waals surface area contributed by atoms with E-state index < -0.39 is 0 Å². The van der Waals surface area contributed by atoms with Crippen LogP contribution < -0.4 is 16.0 Å². The van der Waals surface area contributed by atoms with E-state index in [1.165, 1.54) is 12.6 Å². The second-order valence-electron chi connectivity index (χ2n) is 9.43. The van der Waals surface area contributed by atoms with Gasteiger partial charge in [0.15, 0.2) is 5.76 Å². The van der Waals surface area contributed by atoms with Gasteiger partial charge in [-0.05, 0) is 55.8 Å². The van der Waals surface area contributed by atoms with E-state index in [1.54, 1.807) is 29.9 Å². The van der Waals surface area contributed by atoms with Crippen molar-refractivity contribution in [1.29, 1.82) is 0 Å². The first-order valence-corrected chi connectivity index (χ1v) is 13.9. The molecule has 3 aromatic rings. The zero-order valence-electron chi connectivity index (χ0n) is 20.8. The van der Waals surface area contributed by atoms with Crippen molar-refractivity contribution in [3.63, 3.8) is 0 Å². The highest BCUT2D eigenvalue weighted by Crippen LogP contribution is 2.35. The number of nitrogens with zero attached hydrogens (tertiary/aromatic N) is 2. The number of piperidine rings is 1. The van der Waals surface area contributed by atoms with Gasteiger partial charge in [-0.1, -0.05) is 46.9 Å². The Morgan fingerprint density at radius 3 is 2.26 bits per heavy atom. The lowest BCUT2D eigenvalue weighted by Crippen LogP contribution is -2.51. The Morgan fingerprint density at radius 2 is 1.74 bits per heavy atom. The number of aromatic nitrogens is 2. The summed E-state index contributed by atoms with van der Waals surface area (Å²) in [6.45, 7) is 0.599. The van der Waals surface area contributed by atoms with Gasteiger partial charge in [0.2, 0.25) is 11.1 Å². The minimum Gasteiger partial charge on any atom is -0.439 e. The van der Waals surface area contributed by atoms with E-state index in [0.717, 1.165) is 25.7 Å². The van der Waals surface area contributed by atoms with E-state index in [1.807, 2.05) is 12.1 Å². The smallest absolute Gasteiger partial charge is 0.287 e. The molecule has 204 valence electrons. The number of aryl methyl sites for hydroxylation is 1. The average Bonchev–Trinajstić information content (AvgIpc) is 3.40. The Bertz CT molecular complexity index is 1230. The van der Waals surface area contributed by atoms with Gasteiger partial charge in [-0.25, -0.2) is 0 Å². The van der Waals surface area contributed by atoms with Crippen LogP contribution in [-0.4, -0.2) is 46.3 Å². The van der Waals surface area contributed by atoms with Gasteiger partial charge in [0.1, 0.15) is 0 Å². The Balaban J connectivity index is 0.000000360. The van der Waals surface area contributed by atoms with Crippen molar-refractivity contribution in [3.8, 4) is 11.3 Å². The fourth-order valence-corrected chi connectivity index (χ4v) is 5.09. The van der Waals surface area contributed by atoms with Gasteiger partial charge in [-0.15, -0.1) is 0 Å². The average molecular weight is 601 g/mol. The number of carbonyl (C=O) groups is 2. The van der Waals surface area contributed by atoms with Crippen molar-refractivity contribution in [3.05, 3.63) is 62.6 Å². The largest absolute Gasteiger partial charge is 0.439 e. The van der Waals surface area contributed by atoms with Crippen LogP contribution in [0.2, 0.25) is 20.3 Å². The maximum Gasteiger partial charge on any atom is 0.287 e. The highest BCUT2D eigenvalue weighted by molar-refractivity contribution is 6.41. The van der Waals surface area contributed by atoms with Crippen LogP contribution in [0, 0.1) is 0 Å². The highest BCUT2D eigenvalue weighted by Gasteiger charge is 2.27. The van der Waals surface area contributed by atoms with Crippen LogP contribution in [-0.2, 0) is 11.8 Å². The predicted molar refractivity (Wildman–Crippen MR) is 150 cm³/mol. The zero-order valence-corrected chi connectivity index (χ0v) is 23.8. The van der Waals surface area contributed by atoms with Crippen molar-refractivity contribution in [2.75, 3.05) is 6.54 Å². The van der Waals surface area contributed by atoms with Gasteiger partial charge < -0.3 is 20.4 Å². The lowest BCUT2D eigenvalue weighted by molar-refractivity contribution is -0.123. The molecule has 2 fully saturated rings. The fraction of sp³-hybridized carbons (Fsp3) is 0.423. The SMILES string of the molecule is Clc1ccccc1Cl.Cn1ncc(Cl)c1-c1cc(C(=O)NC2CCC(CC(=O)NC3CCC3)NC2)oc1Cl. The Kier molecular flexibility index (Phi) is 10.0. The van der Waals surface area contributed by atoms with Crippen molar-refractivity contribution in [2.45, 2.75) is 56.7 Å². The van der Waals surface area contributed by atoms with Gasteiger partial charge in [0.05, 0.1) is 32.5 Å². The second-order valence-corrected chi connectivity index (χ2v) is 11.0. The highest BCUT2D eigenvalue weighted by atomic mass is 35.5. The molecule has 1 saturated carbocycles. The molecule has 2 aliphatic rings. The quantitative estimate of drug-likeness (QED) is 0.327. The summed E-state index contributed by atoms with van der Waals surface area (Å²) in [6.07, 6.45) is 6.96. The van der Waals surface area contributed by atoms with E-state index in [-0.39, 0.29) is 34.9 Å². The van der Waals surface area contributed by atoms with Gasteiger partial charge in [0, 0.05) is 44.2 Å². The van der Waals surface area contributed by atoms with E-state index in [0.29, 0.717) is 45.3 Å². The van der Waals surface area contributed by atoms with Crippen molar-refractivity contribution in [1.82, 2.24) is 25.7 Å². The molecule has 0 radical (unpaired) electrons. The number of carbonyl (C=O) groups excluding carboxylic acids is 2. The van der Waals surface area contributed by atoms with Gasteiger partial charge in [-0.2, -0.15) is 5.10 Å². The van der Waals surface area contributed by atoms with Crippen molar-refractivity contribution < 1.29 is 14.0 Å². The standard InChI is InChI=1S/C20H25Cl2N5O3.C6H4Cl2/c1-27-18(15(21)10-24-27)14-8-16(30-19(14)22)20(29)26-13-6-5-12(23-9-13)7-17(28)25-11-3-2-4-11;7-5-3-1-2-4-6(5)8/h8,10-13,23H,2-7,9H2,1H3,(H,25,28)(H,26,29);1-4H. The van der Waals surface area contributed by atoms with Crippen molar-refractivity contribution in [2.24, 2.45) is 7.05 Å². The summed E-state index contributed by atoms with van der Waals surface area (Å²) in [6, 6.07) is 9.21. The van der Waals surface area contributed by atoms with E-state index in [2.05, 4.69) is 21.0 Å². The third kappa shape index (κ3) is 7.45. The Morgan fingerprint density at radius 1 is 1.03 bits per heavy atom. The van der Waals surface area contributed by atoms with Crippen LogP contribution >= 0.6 is 46.4 Å². The number of nitrogens with one attached hydrogen (secondary N) is 3. The summed E-state index contributed by atoms with van der Waals surface area (Å²) in [5.41, 5.74) is 1.11. The Hall–Kier alpha value is -2.23. The van der Waals surface area contributed by atoms with Crippen LogP contribution in [0.4, 0.5) is 0 Å². The minimum absolute atomic E-state index is 0.0453. The Labute approximate surface area is 241 Å². The maximum absolute atomic E-state index is 12.6. The molecule has 0 bridgehead atoms. The van der Waals surface area contributed by atoms with Crippen molar-refractivity contribution >= 4 is 58.2 Å². The number of furan rings is 1. The molecule has 12 heteroatoms. The van der Waals surface area contributed by atoms with Crippen LogP contribution in [0.1, 0.15) is 49.1 Å². The molecule has 1 aliphatic heterocycles. The number of hydrogen-bond donors (Lipinski definition) is 3. The molecule has 1 aromatic carbocycles. The monoisotopic (exact) mass is 599 g/mol. The normalized spacial score (nSPS) is 19.2. The predicted octanol–water partition coefficient (Wildman–Crippen LogP) is 5.89. The molecule has 38 heavy (non-hydrogen) atoms. The first-order valence-electron chi connectivity index (χ1n) is 12.4. The molecule has 5 rings (SSSR count). The molecule has 1 saturated heterocycles. The molecule has 2 aromatic heterocycles. The van der Waals surface area contributed by atoms with Gasteiger partial charge >= 0.3 is 0 Å². The molecular weight excluding hydrogens is 572 g/mol. The second kappa shape index (κ2) is 13.2. The molecular formula is C26H29Cl4N5O3. The number of hydrogen-bond acceptors (Lipinski definition) is 5. The van der Waals surface area contributed by atoms with Crippen LogP contribution in [0.5, 0.6) is 0 Å². The third-order valence-corrected chi connectivity index (χ3v) is 7.95. The third-order valence-electron chi connectivity index (χ3n) is 6.64. The minimum atomic E-state index is -0.339. The zero-order chi connectivity index (χ0) is 27.2. The number of halogens is 4. The number of amides is 2. The fourth-order valence-electron chi connectivity index (χ4n) is 4.33. The topological polar surface area (TPSA) is 101 Å². The molecule has 2 atom stereocenters. The summed E-state index contributed by atoms with van der Waals surface area (Å²) < 4.78 is 7.04. The van der Waals surface area contributed by atoms with Gasteiger partial charge in [-0.3, -0.25) is 14.3 Å². The summed E-state index contributed by atoms with van der Waals surface area (Å²) in [4.78, 5) is 24.7. The summed E-state index contributed by atoms with van der Waals surface area (Å²) in [7, 11) is 1.74. The first kappa shape index (κ1) is 28.8. The lowest BCUT2D eigenvalue weighted by Gasteiger charge is -2.31. The van der Waals surface area contributed by atoms with E-state index >= 15 is 0 Å². The molecule has 8 nitrogen and oxygen atoms in total. The van der Waals surface area contributed by atoms with E-state index in [9.17, 15) is 9.59 Å². The molecule has 3 heterocycles. The summed E-state index contributed by atoms with van der Waals surface area (Å²) >= 11 is 23.5. The summed E-state index contributed by atoms with van der Waals surface area (Å²) in [5.74, 6) is -0.116. The molecule has 3 N–H and O–H groups in total. The number of rotatable bonds is 6. The summed E-state index contributed by atoms with van der Waals surface area (Å²) in [5, 5.41) is 15.2. The van der Waals surface area contributed by atoms with Gasteiger partial charge in [0.25, 0.3) is 5.91 Å². The number of benzene rings is 1. The van der Waals surface area contributed by atoms with Crippen LogP contribution in [0.25, 0.3) is 11.3 Å². The molecule has 1 aliphatic carbocycles. The molecule has 2 unspecified atom stereocenters. The van der Waals surface area contributed by atoms with E-state index in [4.69, 9.17) is 50.8 Å². The molecule has 0 spiro atoms. The van der Waals surface area contributed by atoms with Crippen LogP contribution in [0.15, 0.2) is 40.9 Å². The van der Waals surface area contributed by atoms with Crippen LogP contribution in [0.3, 0.4) is 0 Å². The lowest BCUT2D eigenvalue weighted by atomic mass is 9.92.